The van der Waals surface area contributed by atoms with Gasteiger partial charge in [-0.3, -0.25) is 0 Å². The van der Waals surface area contributed by atoms with Crippen molar-refractivity contribution in [3.63, 3.8) is 0 Å². The average Bonchev–Trinajstić information content (AvgIpc) is 2.16. The molecule has 0 heterocycles. The molecule has 0 amide bonds. The van der Waals surface area contributed by atoms with Gasteiger partial charge in [0.05, 0.1) is 0 Å². The fourth-order valence-electron chi connectivity index (χ4n) is 0.880. The summed E-state index contributed by atoms with van der Waals surface area (Å²) in [6.45, 7) is 6.56. The minimum Gasteiger partial charge on any atom is -0.411 e. The van der Waals surface area contributed by atoms with Gasteiger partial charge in [-0.15, -0.1) is 5.16 Å². The van der Waals surface area contributed by atoms with E-state index >= 15 is 0 Å². The summed E-state index contributed by atoms with van der Waals surface area (Å²) in [5.41, 5.74) is 6.44. The number of hydrogen-bond donors (Lipinski definition) is 2. The lowest BCUT2D eigenvalue weighted by atomic mass is 10.0. The van der Waals surface area contributed by atoms with Crippen LogP contribution in [-0.2, 0) is 0 Å². The third-order valence-corrected chi connectivity index (χ3v) is 1.87. The molecule has 0 aromatic rings. The van der Waals surface area contributed by atoms with Crippen LogP contribution in [0.25, 0.3) is 0 Å². The van der Waals surface area contributed by atoms with Crippen LogP contribution >= 0.6 is 0 Å². The summed E-state index contributed by atoms with van der Waals surface area (Å²) in [7, 11) is 0. The number of nitrogens with zero attached hydrogens (tertiary/aromatic N) is 1. The first-order valence-electron chi connectivity index (χ1n) is 4.46. The molecule has 0 fully saturated rings. The smallest absolute Gasteiger partial charge is 0.0479 e. The lowest BCUT2D eigenvalue weighted by molar-refractivity contribution is 0.321. The van der Waals surface area contributed by atoms with E-state index in [1.807, 2.05) is 12.2 Å². The van der Waals surface area contributed by atoms with Crippen molar-refractivity contribution in [1.82, 2.24) is 0 Å². The van der Waals surface area contributed by atoms with Crippen LogP contribution in [0.1, 0.15) is 19.8 Å². The fraction of sp³-hybridized carbons (Fsp3) is 0.500. The Morgan fingerprint density at radius 1 is 1.69 bits per heavy atom. The summed E-state index contributed by atoms with van der Waals surface area (Å²) in [5.74, 6) is 0.419. The predicted molar refractivity (Wildman–Crippen MR) is 56.0 cm³/mol. The van der Waals surface area contributed by atoms with E-state index in [1.54, 1.807) is 0 Å². The topological polar surface area (TPSA) is 58.6 Å². The Morgan fingerprint density at radius 3 is 2.85 bits per heavy atom. The molecular weight excluding hydrogens is 164 g/mol. The van der Waals surface area contributed by atoms with Crippen molar-refractivity contribution in [2.75, 3.05) is 6.54 Å². The Bertz CT molecular complexity index is 193. The SMILES string of the molecule is C=C(/C=C/C(CC)CN)CC=NO. The maximum atomic E-state index is 8.17. The van der Waals surface area contributed by atoms with Gasteiger partial charge in [-0.2, -0.15) is 0 Å². The zero-order valence-electron chi connectivity index (χ0n) is 8.11. The van der Waals surface area contributed by atoms with Crippen LogP contribution in [0.5, 0.6) is 0 Å². The van der Waals surface area contributed by atoms with E-state index in [4.69, 9.17) is 10.9 Å². The molecule has 1 atom stereocenters. The Morgan fingerprint density at radius 2 is 2.38 bits per heavy atom. The highest BCUT2D eigenvalue weighted by Crippen LogP contribution is 2.05. The number of allylic oxidation sites excluding steroid dienone is 2. The maximum Gasteiger partial charge on any atom is 0.0479 e. The van der Waals surface area contributed by atoms with Crippen molar-refractivity contribution in [2.24, 2.45) is 16.8 Å². The molecule has 0 aliphatic rings. The summed E-state index contributed by atoms with van der Waals surface area (Å²) in [4.78, 5) is 0. The molecule has 0 aromatic carbocycles. The Labute approximate surface area is 79.6 Å². The molecule has 0 aromatic heterocycles. The van der Waals surface area contributed by atoms with Crippen molar-refractivity contribution in [1.29, 1.82) is 0 Å². The minimum atomic E-state index is 0.419. The molecule has 0 saturated heterocycles. The van der Waals surface area contributed by atoms with E-state index in [0.29, 0.717) is 18.9 Å². The van der Waals surface area contributed by atoms with E-state index in [2.05, 4.69) is 18.7 Å². The van der Waals surface area contributed by atoms with Crippen LogP contribution in [0.2, 0.25) is 0 Å². The van der Waals surface area contributed by atoms with Gasteiger partial charge in [0.25, 0.3) is 0 Å². The predicted octanol–water partition coefficient (Wildman–Crippen LogP) is 1.93. The summed E-state index contributed by atoms with van der Waals surface area (Å²) in [6.07, 6.45) is 7.01. The van der Waals surface area contributed by atoms with Crippen LogP contribution in [0.3, 0.4) is 0 Å². The molecule has 0 spiro atoms. The Balaban J connectivity index is 3.87. The van der Waals surface area contributed by atoms with E-state index in [-0.39, 0.29) is 0 Å². The summed E-state index contributed by atoms with van der Waals surface area (Å²) in [5, 5.41) is 11.1. The first-order chi connectivity index (χ1) is 6.24. The van der Waals surface area contributed by atoms with Crippen molar-refractivity contribution in [3.05, 3.63) is 24.3 Å². The summed E-state index contributed by atoms with van der Waals surface area (Å²) >= 11 is 0. The van der Waals surface area contributed by atoms with E-state index in [1.165, 1.54) is 6.21 Å². The zero-order chi connectivity index (χ0) is 10.1. The summed E-state index contributed by atoms with van der Waals surface area (Å²) in [6, 6.07) is 0. The second-order valence-corrected chi connectivity index (χ2v) is 2.92. The van der Waals surface area contributed by atoms with Gasteiger partial charge in [-0.05, 0) is 18.9 Å². The molecule has 0 aliphatic carbocycles. The lowest BCUT2D eigenvalue weighted by Crippen LogP contribution is -2.10. The number of hydrogen-bond acceptors (Lipinski definition) is 3. The molecule has 0 radical (unpaired) electrons. The Kier molecular flexibility index (Phi) is 6.92. The standard InChI is InChI=1S/C10H18N2O/c1-3-10(8-11)5-4-9(2)6-7-12-13/h4-5,7,10,13H,2-3,6,8,11H2,1H3/b5-4+,12-7?. The van der Waals surface area contributed by atoms with Crippen molar-refractivity contribution < 1.29 is 5.21 Å². The van der Waals surface area contributed by atoms with Crippen LogP contribution in [-0.4, -0.2) is 18.0 Å². The van der Waals surface area contributed by atoms with Gasteiger partial charge in [0.15, 0.2) is 0 Å². The van der Waals surface area contributed by atoms with E-state index in [9.17, 15) is 0 Å². The van der Waals surface area contributed by atoms with Crippen LogP contribution in [0.15, 0.2) is 29.5 Å². The molecule has 0 rings (SSSR count). The molecule has 0 bridgehead atoms. The van der Waals surface area contributed by atoms with Gasteiger partial charge in [-0.25, -0.2) is 0 Å². The molecule has 13 heavy (non-hydrogen) atoms. The third kappa shape index (κ3) is 6.11. The summed E-state index contributed by atoms with van der Waals surface area (Å²) < 4.78 is 0. The molecule has 3 N–H and O–H groups in total. The van der Waals surface area contributed by atoms with Crippen molar-refractivity contribution in [2.45, 2.75) is 19.8 Å². The quantitative estimate of drug-likeness (QED) is 0.285. The van der Waals surface area contributed by atoms with Crippen LogP contribution in [0, 0.1) is 5.92 Å². The van der Waals surface area contributed by atoms with Crippen molar-refractivity contribution >= 4 is 6.21 Å². The normalized spacial score (nSPS) is 14.0. The average molecular weight is 182 g/mol. The van der Waals surface area contributed by atoms with Gasteiger partial charge >= 0.3 is 0 Å². The van der Waals surface area contributed by atoms with Crippen LogP contribution < -0.4 is 5.73 Å². The molecule has 3 heteroatoms. The second-order valence-electron chi connectivity index (χ2n) is 2.92. The lowest BCUT2D eigenvalue weighted by Gasteiger charge is -2.04. The van der Waals surface area contributed by atoms with Gasteiger partial charge in [0, 0.05) is 12.6 Å². The highest BCUT2D eigenvalue weighted by molar-refractivity contribution is 5.61. The molecule has 0 aliphatic heterocycles. The monoisotopic (exact) mass is 182 g/mol. The first-order valence-corrected chi connectivity index (χ1v) is 4.46. The van der Waals surface area contributed by atoms with E-state index < -0.39 is 0 Å². The van der Waals surface area contributed by atoms with Gasteiger partial charge in [0.1, 0.15) is 0 Å². The zero-order valence-corrected chi connectivity index (χ0v) is 8.11. The number of rotatable bonds is 6. The van der Waals surface area contributed by atoms with Gasteiger partial charge in [0.2, 0.25) is 0 Å². The fourth-order valence-corrected chi connectivity index (χ4v) is 0.880. The van der Waals surface area contributed by atoms with Gasteiger partial charge in [-0.1, -0.05) is 31.2 Å². The van der Waals surface area contributed by atoms with Crippen molar-refractivity contribution in [3.8, 4) is 0 Å². The number of oxime groups is 1. The maximum absolute atomic E-state index is 8.17. The molecule has 0 saturated carbocycles. The third-order valence-electron chi connectivity index (χ3n) is 1.87. The molecule has 3 nitrogen and oxygen atoms in total. The number of nitrogens with two attached hydrogens (primary N) is 1. The highest BCUT2D eigenvalue weighted by Gasteiger charge is 1.96. The Hall–Kier alpha value is -1.09. The van der Waals surface area contributed by atoms with Gasteiger partial charge < -0.3 is 10.9 Å². The molecule has 74 valence electrons. The molecular formula is C10H18N2O. The minimum absolute atomic E-state index is 0.419. The van der Waals surface area contributed by atoms with E-state index in [0.717, 1.165) is 12.0 Å². The highest BCUT2D eigenvalue weighted by atomic mass is 16.4. The molecule has 1 unspecified atom stereocenters. The second kappa shape index (κ2) is 7.55. The van der Waals surface area contributed by atoms with Crippen LogP contribution in [0.4, 0.5) is 0 Å². The first kappa shape index (κ1) is 11.9. The largest absolute Gasteiger partial charge is 0.411 e.